The Hall–Kier alpha value is -1.58. The smallest absolute Gasteiger partial charge is 0.360 e. The van der Waals surface area contributed by atoms with Crippen molar-refractivity contribution < 1.29 is 4.73 Å². The van der Waals surface area contributed by atoms with E-state index in [-0.39, 0.29) is 0 Å². The Morgan fingerprint density at radius 2 is 2.45 bits per heavy atom. The zero-order valence-corrected chi connectivity index (χ0v) is 6.06. The van der Waals surface area contributed by atoms with Gasteiger partial charge in [-0.1, -0.05) is 0 Å². The zero-order chi connectivity index (χ0) is 7.84. The van der Waals surface area contributed by atoms with Crippen LogP contribution in [0.4, 0.5) is 0 Å². The first-order valence-corrected chi connectivity index (χ1v) is 3.29. The van der Waals surface area contributed by atoms with Crippen LogP contribution in [0.5, 0.6) is 0 Å². The van der Waals surface area contributed by atoms with Crippen molar-refractivity contribution in [3.05, 3.63) is 29.7 Å². The molecule has 2 aromatic rings. The van der Waals surface area contributed by atoms with Crippen molar-refractivity contribution in [2.24, 2.45) is 7.05 Å². The molecule has 2 heterocycles. The van der Waals surface area contributed by atoms with Crippen LogP contribution in [0, 0.1) is 5.21 Å². The summed E-state index contributed by atoms with van der Waals surface area (Å²) in [7, 11) is 1.79. The van der Waals surface area contributed by atoms with Gasteiger partial charge in [0.05, 0.1) is 29.9 Å². The highest BCUT2D eigenvalue weighted by Crippen LogP contribution is 2.04. The molecule has 2 aromatic heterocycles. The summed E-state index contributed by atoms with van der Waals surface area (Å²) >= 11 is 0. The first-order valence-electron chi connectivity index (χ1n) is 3.29. The van der Waals surface area contributed by atoms with Gasteiger partial charge in [0, 0.05) is 0 Å². The monoisotopic (exact) mass is 149 g/mol. The Bertz CT molecular complexity index is 393. The molecule has 11 heavy (non-hydrogen) atoms. The van der Waals surface area contributed by atoms with Crippen LogP contribution >= 0.6 is 0 Å². The van der Waals surface area contributed by atoms with E-state index in [1.165, 1.54) is 6.20 Å². The van der Waals surface area contributed by atoms with Crippen molar-refractivity contribution in [1.82, 2.24) is 9.78 Å². The van der Waals surface area contributed by atoms with Gasteiger partial charge < -0.3 is 5.21 Å². The van der Waals surface area contributed by atoms with Crippen molar-refractivity contribution >= 4 is 11.0 Å². The fourth-order valence-corrected chi connectivity index (χ4v) is 1.08. The largest absolute Gasteiger partial charge is 0.710 e. The summed E-state index contributed by atoms with van der Waals surface area (Å²) in [6.07, 6.45) is 3.25. The first kappa shape index (κ1) is 6.15. The number of rotatable bonds is 0. The van der Waals surface area contributed by atoms with Crippen molar-refractivity contribution in [2.75, 3.05) is 0 Å². The van der Waals surface area contributed by atoms with Gasteiger partial charge in [0.2, 0.25) is 0 Å². The standard InChI is InChI=1S/C7H7N3O/c1-9-5-6-3-2-4-10(11)7(6)8-9/h2-5H,1H3. The molecule has 0 bridgehead atoms. The lowest BCUT2D eigenvalue weighted by atomic mass is 10.4. The van der Waals surface area contributed by atoms with E-state index < -0.39 is 0 Å². The van der Waals surface area contributed by atoms with E-state index in [1.807, 2.05) is 12.3 Å². The molecular formula is C7H7N3O. The molecule has 0 atom stereocenters. The van der Waals surface area contributed by atoms with E-state index in [0.717, 1.165) is 10.1 Å². The maximum Gasteiger partial charge on any atom is 0.360 e. The van der Waals surface area contributed by atoms with Gasteiger partial charge in [0.15, 0.2) is 0 Å². The minimum Gasteiger partial charge on any atom is -0.710 e. The molecule has 0 aliphatic carbocycles. The van der Waals surface area contributed by atoms with Gasteiger partial charge in [-0.2, -0.15) is 4.68 Å². The van der Waals surface area contributed by atoms with Gasteiger partial charge in [-0.15, -0.1) is 0 Å². The molecule has 4 heteroatoms. The minimum atomic E-state index is 0.468. The van der Waals surface area contributed by atoms with E-state index in [4.69, 9.17) is 0 Å². The Labute approximate surface area is 63.3 Å². The van der Waals surface area contributed by atoms with Crippen LogP contribution in [-0.2, 0) is 7.05 Å². The van der Waals surface area contributed by atoms with Gasteiger partial charge in [-0.25, -0.2) is 4.73 Å². The second-order valence-corrected chi connectivity index (χ2v) is 2.42. The van der Waals surface area contributed by atoms with E-state index >= 15 is 0 Å². The molecule has 4 nitrogen and oxygen atoms in total. The number of aromatic nitrogens is 3. The van der Waals surface area contributed by atoms with Crippen LogP contribution in [0.25, 0.3) is 11.0 Å². The molecule has 2 rings (SSSR count). The van der Waals surface area contributed by atoms with Gasteiger partial charge in [0.1, 0.15) is 0 Å². The minimum absolute atomic E-state index is 0.468. The van der Waals surface area contributed by atoms with Crippen LogP contribution in [0.15, 0.2) is 24.5 Å². The van der Waals surface area contributed by atoms with E-state index in [1.54, 1.807) is 17.8 Å². The van der Waals surface area contributed by atoms with Gasteiger partial charge >= 0.3 is 5.65 Å². The molecule has 0 spiro atoms. The highest BCUT2D eigenvalue weighted by atomic mass is 16.5. The predicted molar refractivity (Wildman–Crippen MR) is 39.7 cm³/mol. The average Bonchev–Trinajstić information content (AvgIpc) is 2.31. The molecule has 0 radical (unpaired) electrons. The number of fused-ring (bicyclic) bond motifs is 1. The molecule has 0 fully saturated rings. The van der Waals surface area contributed by atoms with Crippen molar-refractivity contribution in [3.63, 3.8) is 0 Å². The van der Waals surface area contributed by atoms with Crippen LogP contribution in [-0.4, -0.2) is 9.78 Å². The molecule has 0 aromatic carbocycles. The van der Waals surface area contributed by atoms with E-state index in [0.29, 0.717) is 5.65 Å². The maximum absolute atomic E-state index is 11.0. The molecule has 0 amide bonds. The van der Waals surface area contributed by atoms with Gasteiger partial charge in [-0.3, -0.25) is 0 Å². The quantitative estimate of drug-likeness (QED) is 0.397. The summed E-state index contributed by atoms with van der Waals surface area (Å²) in [5.41, 5.74) is 0.468. The fraction of sp³-hybridized carbons (Fsp3) is 0.143. The predicted octanol–water partition coefficient (Wildman–Crippen LogP) is 0.207. The molecular weight excluding hydrogens is 142 g/mol. The molecule has 0 aliphatic rings. The van der Waals surface area contributed by atoms with E-state index in [2.05, 4.69) is 5.10 Å². The first-order chi connectivity index (χ1) is 5.27. The number of pyridine rings is 1. The molecule has 0 unspecified atom stereocenters. The second kappa shape index (κ2) is 1.95. The maximum atomic E-state index is 11.0. The second-order valence-electron chi connectivity index (χ2n) is 2.42. The lowest BCUT2D eigenvalue weighted by molar-refractivity contribution is -0.579. The Morgan fingerprint density at radius 3 is 3.18 bits per heavy atom. The van der Waals surface area contributed by atoms with Crippen molar-refractivity contribution in [2.45, 2.75) is 0 Å². The lowest BCUT2D eigenvalue weighted by Crippen LogP contribution is -2.26. The Balaban J connectivity index is 2.90. The normalized spacial score (nSPS) is 10.6. The molecule has 0 saturated heterocycles. The van der Waals surface area contributed by atoms with Crippen LogP contribution < -0.4 is 4.73 Å². The summed E-state index contributed by atoms with van der Waals surface area (Å²) in [6.45, 7) is 0. The highest BCUT2D eigenvalue weighted by Gasteiger charge is 2.06. The Kier molecular flexibility index (Phi) is 1.09. The third-order valence-electron chi connectivity index (χ3n) is 1.54. The van der Waals surface area contributed by atoms with Crippen LogP contribution in [0.1, 0.15) is 0 Å². The number of hydrogen-bond acceptors (Lipinski definition) is 2. The molecule has 0 N–H and O–H groups in total. The summed E-state index contributed by atoms with van der Waals surface area (Å²) in [4.78, 5) is 0. The fourth-order valence-electron chi connectivity index (χ4n) is 1.08. The molecule has 0 saturated carbocycles. The van der Waals surface area contributed by atoms with Crippen molar-refractivity contribution in [1.29, 1.82) is 0 Å². The van der Waals surface area contributed by atoms with Crippen LogP contribution in [0.3, 0.4) is 0 Å². The third kappa shape index (κ3) is 0.832. The van der Waals surface area contributed by atoms with Gasteiger partial charge in [-0.05, 0) is 12.1 Å². The molecule has 56 valence electrons. The summed E-state index contributed by atoms with van der Waals surface area (Å²) in [5.74, 6) is 0. The van der Waals surface area contributed by atoms with E-state index in [9.17, 15) is 5.21 Å². The van der Waals surface area contributed by atoms with Crippen molar-refractivity contribution in [3.8, 4) is 0 Å². The average molecular weight is 149 g/mol. The zero-order valence-electron chi connectivity index (χ0n) is 6.06. The summed E-state index contributed by atoms with van der Waals surface area (Å²) in [6, 6.07) is 3.56. The lowest BCUT2D eigenvalue weighted by Gasteiger charge is -1.96. The number of hydrogen-bond donors (Lipinski definition) is 0. The highest BCUT2D eigenvalue weighted by molar-refractivity contribution is 5.70. The van der Waals surface area contributed by atoms with Crippen LogP contribution in [0.2, 0.25) is 0 Å². The topological polar surface area (TPSA) is 44.8 Å². The number of nitrogens with zero attached hydrogens (tertiary/aromatic N) is 3. The molecule has 0 aliphatic heterocycles. The number of aryl methyl sites for hydroxylation is 1. The summed E-state index contributed by atoms with van der Waals surface area (Å²) < 4.78 is 2.38. The van der Waals surface area contributed by atoms with Gasteiger partial charge in [0.25, 0.3) is 0 Å². The summed E-state index contributed by atoms with van der Waals surface area (Å²) in [5, 5.41) is 15.9. The third-order valence-corrected chi connectivity index (χ3v) is 1.54. The SMILES string of the molecule is Cn1cc2ccc[n+]([O-])c2n1. The Morgan fingerprint density at radius 1 is 1.64 bits per heavy atom.